The SMILES string of the molecule is CCCn1c(CN(Cc2sccc2C)C[C@@H](C)O)nc2ccccc21. The van der Waals surface area contributed by atoms with Gasteiger partial charge in [-0.25, -0.2) is 4.98 Å². The molecule has 0 saturated carbocycles. The van der Waals surface area contributed by atoms with Gasteiger partial charge in [-0.1, -0.05) is 19.1 Å². The molecule has 0 bridgehead atoms. The Morgan fingerprint density at radius 3 is 2.72 bits per heavy atom. The Labute approximate surface area is 153 Å². The number of aromatic nitrogens is 2. The Morgan fingerprint density at radius 1 is 1.24 bits per heavy atom. The van der Waals surface area contributed by atoms with E-state index in [4.69, 9.17) is 4.98 Å². The van der Waals surface area contributed by atoms with Crippen LogP contribution in [0.3, 0.4) is 0 Å². The van der Waals surface area contributed by atoms with Gasteiger partial charge in [0.1, 0.15) is 5.82 Å². The molecule has 0 fully saturated rings. The molecule has 0 saturated heterocycles. The van der Waals surface area contributed by atoms with Crippen LogP contribution in [0.5, 0.6) is 0 Å². The Kier molecular flexibility index (Phi) is 5.89. The normalized spacial score (nSPS) is 13.0. The van der Waals surface area contributed by atoms with Crippen LogP contribution in [-0.2, 0) is 19.6 Å². The summed E-state index contributed by atoms with van der Waals surface area (Å²) in [5.41, 5.74) is 3.57. The van der Waals surface area contributed by atoms with Crippen LogP contribution in [0.25, 0.3) is 11.0 Å². The van der Waals surface area contributed by atoms with Gasteiger partial charge in [0.15, 0.2) is 0 Å². The molecule has 0 aliphatic heterocycles. The summed E-state index contributed by atoms with van der Waals surface area (Å²) >= 11 is 1.78. The van der Waals surface area contributed by atoms with Crippen LogP contribution in [0.4, 0.5) is 0 Å². The van der Waals surface area contributed by atoms with Crippen molar-refractivity contribution < 1.29 is 5.11 Å². The van der Waals surface area contributed by atoms with Gasteiger partial charge >= 0.3 is 0 Å². The van der Waals surface area contributed by atoms with Crippen molar-refractivity contribution in [3.63, 3.8) is 0 Å². The zero-order valence-corrected chi connectivity index (χ0v) is 16.1. The number of hydrogen-bond donors (Lipinski definition) is 1. The van der Waals surface area contributed by atoms with Gasteiger partial charge in [0.25, 0.3) is 0 Å². The number of para-hydroxylation sites is 2. The van der Waals surface area contributed by atoms with E-state index in [0.717, 1.165) is 37.4 Å². The molecular weight excluding hydrogens is 330 g/mol. The second kappa shape index (κ2) is 8.13. The monoisotopic (exact) mass is 357 g/mol. The Hall–Kier alpha value is -1.69. The van der Waals surface area contributed by atoms with Crippen LogP contribution < -0.4 is 0 Å². The lowest BCUT2D eigenvalue weighted by molar-refractivity contribution is 0.116. The zero-order chi connectivity index (χ0) is 17.8. The maximum Gasteiger partial charge on any atom is 0.124 e. The van der Waals surface area contributed by atoms with E-state index in [2.05, 4.69) is 53.0 Å². The largest absolute Gasteiger partial charge is 0.392 e. The number of rotatable bonds is 8. The summed E-state index contributed by atoms with van der Waals surface area (Å²) in [6.07, 6.45) is 0.720. The summed E-state index contributed by atoms with van der Waals surface area (Å²) in [7, 11) is 0. The third-order valence-corrected chi connectivity index (χ3v) is 5.41. The summed E-state index contributed by atoms with van der Waals surface area (Å²) in [4.78, 5) is 8.54. The van der Waals surface area contributed by atoms with Gasteiger partial charge in [0.2, 0.25) is 0 Å². The number of fused-ring (bicyclic) bond motifs is 1. The lowest BCUT2D eigenvalue weighted by Crippen LogP contribution is -2.31. The first-order valence-corrected chi connectivity index (χ1v) is 9.84. The highest BCUT2D eigenvalue weighted by Crippen LogP contribution is 2.22. The molecule has 0 spiro atoms. The number of aryl methyl sites for hydroxylation is 2. The fraction of sp³-hybridized carbons (Fsp3) is 0.450. The zero-order valence-electron chi connectivity index (χ0n) is 15.3. The van der Waals surface area contributed by atoms with Crippen molar-refractivity contribution in [2.45, 2.75) is 52.9 Å². The first kappa shape index (κ1) is 18.1. The predicted octanol–water partition coefficient (Wildman–Crippen LogP) is 4.20. The molecule has 0 radical (unpaired) electrons. The highest BCUT2D eigenvalue weighted by molar-refractivity contribution is 7.10. The first-order valence-electron chi connectivity index (χ1n) is 8.96. The van der Waals surface area contributed by atoms with E-state index in [9.17, 15) is 5.11 Å². The summed E-state index contributed by atoms with van der Waals surface area (Å²) in [6, 6.07) is 10.5. The number of imidazole rings is 1. The van der Waals surface area contributed by atoms with Gasteiger partial charge in [-0.2, -0.15) is 0 Å². The predicted molar refractivity (Wildman–Crippen MR) is 105 cm³/mol. The summed E-state index contributed by atoms with van der Waals surface area (Å²) in [6.45, 7) is 9.41. The first-order chi connectivity index (χ1) is 12.1. The molecule has 2 heterocycles. The topological polar surface area (TPSA) is 41.3 Å². The molecule has 3 aromatic rings. The van der Waals surface area contributed by atoms with Crippen LogP contribution >= 0.6 is 11.3 Å². The Balaban J connectivity index is 1.89. The number of aliphatic hydroxyl groups excluding tert-OH is 1. The second-order valence-electron chi connectivity index (χ2n) is 6.71. The molecule has 134 valence electrons. The number of hydrogen-bond acceptors (Lipinski definition) is 4. The van der Waals surface area contributed by atoms with Gasteiger partial charge in [-0.15, -0.1) is 11.3 Å². The van der Waals surface area contributed by atoms with Crippen molar-refractivity contribution in [1.82, 2.24) is 14.5 Å². The van der Waals surface area contributed by atoms with Crippen molar-refractivity contribution in [3.8, 4) is 0 Å². The van der Waals surface area contributed by atoms with E-state index >= 15 is 0 Å². The number of thiophene rings is 1. The molecule has 2 aromatic heterocycles. The van der Waals surface area contributed by atoms with Crippen molar-refractivity contribution in [1.29, 1.82) is 0 Å². The number of aliphatic hydroxyl groups is 1. The van der Waals surface area contributed by atoms with Gasteiger partial charge in [0.05, 0.1) is 23.7 Å². The highest BCUT2D eigenvalue weighted by atomic mass is 32.1. The van der Waals surface area contributed by atoms with Crippen LogP contribution in [0.2, 0.25) is 0 Å². The van der Waals surface area contributed by atoms with Crippen LogP contribution in [-0.4, -0.2) is 32.2 Å². The summed E-state index contributed by atoms with van der Waals surface area (Å²) in [5.74, 6) is 1.08. The number of benzene rings is 1. The molecule has 1 aromatic carbocycles. The fourth-order valence-electron chi connectivity index (χ4n) is 3.25. The van der Waals surface area contributed by atoms with E-state index in [-0.39, 0.29) is 6.10 Å². The third kappa shape index (κ3) is 4.29. The molecular formula is C20H27N3OS. The molecule has 25 heavy (non-hydrogen) atoms. The molecule has 0 aliphatic rings. The molecule has 1 N–H and O–H groups in total. The van der Waals surface area contributed by atoms with E-state index in [0.29, 0.717) is 6.54 Å². The fourth-order valence-corrected chi connectivity index (χ4v) is 4.19. The molecule has 1 atom stereocenters. The number of nitrogens with zero attached hydrogens (tertiary/aromatic N) is 3. The smallest absolute Gasteiger partial charge is 0.124 e. The summed E-state index contributed by atoms with van der Waals surface area (Å²) in [5, 5.41) is 12.1. The van der Waals surface area contributed by atoms with Gasteiger partial charge in [-0.05, 0) is 49.4 Å². The Bertz CT molecular complexity index is 821. The van der Waals surface area contributed by atoms with Gasteiger partial charge in [0, 0.05) is 24.5 Å². The van der Waals surface area contributed by atoms with Gasteiger partial charge < -0.3 is 9.67 Å². The van der Waals surface area contributed by atoms with Crippen LogP contribution in [0, 0.1) is 6.92 Å². The average Bonchev–Trinajstić information content (AvgIpc) is 3.12. The molecule has 4 nitrogen and oxygen atoms in total. The quantitative estimate of drug-likeness (QED) is 0.657. The van der Waals surface area contributed by atoms with Crippen molar-refractivity contribution >= 4 is 22.4 Å². The lowest BCUT2D eigenvalue weighted by atomic mass is 10.2. The molecule has 5 heteroatoms. The minimum Gasteiger partial charge on any atom is -0.392 e. The van der Waals surface area contributed by atoms with Crippen molar-refractivity contribution in [2.75, 3.05) is 6.54 Å². The Morgan fingerprint density at radius 2 is 2.04 bits per heavy atom. The van der Waals surface area contributed by atoms with Crippen molar-refractivity contribution in [3.05, 3.63) is 52.0 Å². The molecule has 0 aliphatic carbocycles. The molecule has 0 unspecified atom stereocenters. The van der Waals surface area contributed by atoms with Crippen molar-refractivity contribution in [2.24, 2.45) is 0 Å². The van der Waals surface area contributed by atoms with E-state index < -0.39 is 0 Å². The van der Waals surface area contributed by atoms with Crippen LogP contribution in [0.15, 0.2) is 35.7 Å². The molecule has 0 amide bonds. The maximum absolute atomic E-state index is 9.95. The lowest BCUT2D eigenvalue weighted by Gasteiger charge is -2.23. The minimum absolute atomic E-state index is 0.357. The summed E-state index contributed by atoms with van der Waals surface area (Å²) < 4.78 is 2.33. The molecule has 3 rings (SSSR count). The average molecular weight is 358 g/mol. The van der Waals surface area contributed by atoms with E-state index in [1.54, 1.807) is 11.3 Å². The van der Waals surface area contributed by atoms with Crippen LogP contribution in [0.1, 0.15) is 36.5 Å². The second-order valence-corrected chi connectivity index (χ2v) is 7.71. The van der Waals surface area contributed by atoms with Gasteiger partial charge in [-0.3, -0.25) is 4.90 Å². The van der Waals surface area contributed by atoms with E-state index in [1.807, 2.05) is 13.0 Å². The standard InChI is InChI=1S/C20H27N3OS/c1-4-10-23-18-8-6-5-7-17(18)21-20(23)14-22(12-16(3)24)13-19-15(2)9-11-25-19/h5-9,11,16,24H,4,10,12-14H2,1-3H3/t16-/m1/s1. The third-order valence-electron chi connectivity index (χ3n) is 4.40. The highest BCUT2D eigenvalue weighted by Gasteiger charge is 2.17. The maximum atomic E-state index is 9.95. The minimum atomic E-state index is -0.357. The van der Waals surface area contributed by atoms with E-state index in [1.165, 1.54) is 16.0 Å².